The van der Waals surface area contributed by atoms with Crippen LogP contribution in [0.4, 0.5) is 0 Å². The number of para-hydroxylation sites is 1. The number of aliphatic hydroxyl groups excluding tert-OH is 1. The Labute approximate surface area is 122 Å². The molecule has 0 radical (unpaired) electrons. The second-order valence-corrected chi connectivity index (χ2v) is 4.42. The summed E-state index contributed by atoms with van der Waals surface area (Å²) in [6.07, 6.45) is 2.64. The molecule has 0 aromatic heterocycles. The molecule has 21 heavy (non-hydrogen) atoms. The zero-order chi connectivity index (χ0) is 15.1. The Morgan fingerprint density at radius 1 is 1.05 bits per heavy atom. The van der Waals surface area contributed by atoms with Crippen molar-refractivity contribution in [2.24, 2.45) is 0 Å². The normalized spacial score (nSPS) is 10.7. The fourth-order valence-corrected chi connectivity index (χ4v) is 1.92. The predicted molar refractivity (Wildman–Crippen MR) is 79.8 cm³/mol. The van der Waals surface area contributed by atoms with E-state index in [2.05, 4.69) is 0 Å². The van der Waals surface area contributed by atoms with E-state index >= 15 is 0 Å². The molecule has 0 bridgehead atoms. The Balaban J connectivity index is 2.15. The maximum atomic E-state index is 10.6. The summed E-state index contributed by atoms with van der Waals surface area (Å²) < 4.78 is 5.72. The number of carbonyl (C=O) groups is 1. The van der Waals surface area contributed by atoms with E-state index in [1.54, 1.807) is 18.2 Å². The molecule has 0 aliphatic carbocycles. The molecule has 4 heteroatoms. The molecule has 0 aliphatic heterocycles. The molecule has 0 spiro atoms. The van der Waals surface area contributed by atoms with E-state index < -0.39 is 5.97 Å². The SMILES string of the molecule is O=C(O)C=Cc1ccccc1COc1ccccc1CO. The number of carboxylic acids is 1. The number of rotatable bonds is 6. The topological polar surface area (TPSA) is 66.8 Å². The molecule has 2 rings (SSSR count). The second kappa shape index (κ2) is 7.26. The van der Waals surface area contributed by atoms with Gasteiger partial charge in [-0.05, 0) is 23.3 Å². The van der Waals surface area contributed by atoms with Crippen LogP contribution in [-0.4, -0.2) is 16.2 Å². The summed E-state index contributed by atoms with van der Waals surface area (Å²) in [5.41, 5.74) is 2.39. The van der Waals surface area contributed by atoms with Crippen molar-refractivity contribution in [2.75, 3.05) is 0 Å². The summed E-state index contributed by atoms with van der Waals surface area (Å²) in [7, 11) is 0. The number of carboxylic acid groups (broad SMARTS) is 1. The molecule has 0 saturated heterocycles. The molecular weight excluding hydrogens is 268 g/mol. The quantitative estimate of drug-likeness (QED) is 0.800. The Kier molecular flexibility index (Phi) is 5.12. The van der Waals surface area contributed by atoms with Crippen molar-refractivity contribution in [3.8, 4) is 5.75 Å². The van der Waals surface area contributed by atoms with Gasteiger partial charge in [-0.3, -0.25) is 0 Å². The van der Waals surface area contributed by atoms with Gasteiger partial charge < -0.3 is 14.9 Å². The van der Waals surface area contributed by atoms with Crippen molar-refractivity contribution in [1.82, 2.24) is 0 Å². The molecular formula is C17H16O4. The van der Waals surface area contributed by atoms with Gasteiger partial charge >= 0.3 is 5.97 Å². The maximum Gasteiger partial charge on any atom is 0.328 e. The Morgan fingerprint density at radius 2 is 1.71 bits per heavy atom. The molecule has 0 atom stereocenters. The van der Waals surface area contributed by atoms with Crippen LogP contribution in [0.15, 0.2) is 54.6 Å². The molecule has 2 aromatic rings. The van der Waals surface area contributed by atoms with E-state index in [0.29, 0.717) is 12.4 Å². The van der Waals surface area contributed by atoms with Crippen molar-refractivity contribution < 1.29 is 19.7 Å². The number of ether oxygens (including phenoxy) is 1. The third kappa shape index (κ3) is 4.19. The van der Waals surface area contributed by atoms with Gasteiger partial charge in [-0.25, -0.2) is 4.79 Å². The number of aliphatic carboxylic acids is 1. The number of hydrogen-bond donors (Lipinski definition) is 2. The van der Waals surface area contributed by atoms with Gasteiger partial charge in [0.15, 0.2) is 0 Å². The van der Waals surface area contributed by atoms with Crippen LogP contribution in [0.3, 0.4) is 0 Å². The number of benzene rings is 2. The first-order chi connectivity index (χ1) is 10.2. The highest BCUT2D eigenvalue weighted by Gasteiger charge is 2.04. The van der Waals surface area contributed by atoms with Gasteiger partial charge in [0.1, 0.15) is 12.4 Å². The van der Waals surface area contributed by atoms with Gasteiger partial charge in [0.25, 0.3) is 0 Å². The van der Waals surface area contributed by atoms with Gasteiger partial charge in [-0.15, -0.1) is 0 Å². The van der Waals surface area contributed by atoms with Crippen LogP contribution in [0.2, 0.25) is 0 Å². The molecule has 2 aromatic carbocycles. The molecule has 0 saturated carbocycles. The van der Waals surface area contributed by atoms with Crippen LogP contribution in [-0.2, 0) is 18.0 Å². The highest BCUT2D eigenvalue weighted by atomic mass is 16.5. The molecule has 0 heterocycles. The summed E-state index contributed by atoms with van der Waals surface area (Å²) in [5, 5.41) is 18.0. The third-order valence-corrected chi connectivity index (χ3v) is 2.99. The fraction of sp³-hybridized carbons (Fsp3) is 0.118. The van der Waals surface area contributed by atoms with E-state index in [-0.39, 0.29) is 6.61 Å². The summed E-state index contributed by atoms with van der Waals surface area (Å²) in [5.74, 6) is -0.367. The monoisotopic (exact) mass is 284 g/mol. The Hall–Kier alpha value is -2.59. The van der Waals surface area contributed by atoms with E-state index in [4.69, 9.17) is 9.84 Å². The van der Waals surface area contributed by atoms with Gasteiger partial charge in [-0.1, -0.05) is 42.5 Å². The summed E-state index contributed by atoms with van der Waals surface area (Å²) in [6, 6.07) is 14.7. The number of hydrogen-bond acceptors (Lipinski definition) is 3. The lowest BCUT2D eigenvalue weighted by Crippen LogP contribution is -2.00. The van der Waals surface area contributed by atoms with E-state index in [0.717, 1.165) is 22.8 Å². The van der Waals surface area contributed by atoms with Crippen molar-refractivity contribution in [2.45, 2.75) is 13.2 Å². The van der Waals surface area contributed by atoms with Crippen LogP contribution in [0.25, 0.3) is 6.08 Å². The summed E-state index contributed by atoms with van der Waals surface area (Å²) in [6.45, 7) is 0.216. The molecule has 0 unspecified atom stereocenters. The van der Waals surface area contributed by atoms with Gasteiger partial charge in [0.05, 0.1) is 6.61 Å². The van der Waals surface area contributed by atoms with Crippen LogP contribution in [0, 0.1) is 0 Å². The van der Waals surface area contributed by atoms with E-state index in [9.17, 15) is 9.90 Å². The van der Waals surface area contributed by atoms with Crippen molar-refractivity contribution in [1.29, 1.82) is 0 Å². The minimum absolute atomic E-state index is 0.0866. The molecule has 0 fully saturated rings. The standard InChI is InChI=1S/C17H16O4/c18-11-14-6-3-4-8-16(14)21-12-15-7-2-1-5-13(15)9-10-17(19)20/h1-10,18H,11-12H2,(H,19,20). The van der Waals surface area contributed by atoms with Gasteiger partial charge in [0, 0.05) is 11.6 Å². The van der Waals surface area contributed by atoms with Crippen LogP contribution >= 0.6 is 0 Å². The number of aliphatic hydroxyl groups is 1. The maximum absolute atomic E-state index is 10.6. The average molecular weight is 284 g/mol. The zero-order valence-corrected chi connectivity index (χ0v) is 11.4. The lowest BCUT2D eigenvalue weighted by Gasteiger charge is -2.11. The van der Waals surface area contributed by atoms with Crippen molar-refractivity contribution in [3.63, 3.8) is 0 Å². The highest BCUT2D eigenvalue weighted by molar-refractivity contribution is 5.85. The predicted octanol–water partition coefficient (Wildman–Crippen LogP) is 2.86. The first-order valence-electron chi connectivity index (χ1n) is 6.51. The first kappa shape index (κ1) is 14.8. The van der Waals surface area contributed by atoms with Gasteiger partial charge in [-0.2, -0.15) is 0 Å². The molecule has 108 valence electrons. The Bertz CT molecular complexity index is 647. The lowest BCUT2D eigenvalue weighted by atomic mass is 10.1. The van der Waals surface area contributed by atoms with Gasteiger partial charge in [0.2, 0.25) is 0 Å². The summed E-state index contributed by atoms with van der Waals surface area (Å²) >= 11 is 0. The molecule has 0 amide bonds. The van der Waals surface area contributed by atoms with E-state index in [1.165, 1.54) is 0 Å². The minimum atomic E-state index is -0.989. The second-order valence-electron chi connectivity index (χ2n) is 4.42. The smallest absolute Gasteiger partial charge is 0.328 e. The zero-order valence-electron chi connectivity index (χ0n) is 11.4. The molecule has 4 nitrogen and oxygen atoms in total. The van der Waals surface area contributed by atoms with Crippen LogP contribution in [0.1, 0.15) is 16.7 Å². The Morgan fingerprint density at radius 3 is 2.43 bits per heavy atom. The van der Waals surface area contributed by atoms with Crippen LogP contribution < -0.4 is 4.74 Å². The van der Waals surface area contributed by atoms with Crippen molar-refractivity contribution in [3.05, 3.63) is 71.3 Å². The third-order valence-electron chi connectivity index (χ3n) is 2.99. The first-order valence-corrected chi connectivity index (χ1v) is 6.51. The minimum Gasteiger partial charge on any atom is -0.489 e. The fourth-order valence-electron chi connectivity index (χ4n) is 1.92. The van der Waals surface area contributed by atoms with Crippen molar-refractivity contribution >= 4 is 12.0 Å². The molecule has 2 N–H and O–H groups in total. The van der Waals surface area contributed by atoms with E-state index in [1.807, 2.05) is 36.4 Å². The average Bonchev–Trinajstić information content (AvgIpc) is 2.51. The highest BCUT2D eigenvalue weighted by Crippen LogP contribution is 2.20. The summed E-state index contributed by atoms with van der Waals surface area (Å²) in [4.78, 5) is 10.6. The van der Waals surface area contributed by atoms with Crippen LogP contribution in [0.5, 0.6) is 5.75 Å². The molecule has 0 aliphatic rings. The lowest BCUT2D eigenvalue weighted by molar-refractivity contribution is -0.131. The largest absolute Gasteiger partial charge is 0.489 e.